The fourth-order valence-corrected chi connectivity index (χ4v) is 1.73. The Kier molecular flexibility index (Phi) is 3.21. The third kappa shape index (κ3) is 2.29. The number of carbonyl (C=O) groups excluding carboxylic acids is 1. The van der Waals surface area contributed by atoms with E-state index in [9.17, 15) is 9.36 Å². The molecule has 5 heteroatoms. The van der Waals surface area contributed by atoms with Crippen molar-refractivity contribution in [3.05, 3.63) is 35.4 Å². The fourth-order valence-electron chi connectivity index (χ4n) is 1.19. The van der Waals surface area contributed by atoms with Crippen molar-refractivity contribution in [2.24, 2.45) is 0 Å². The zero-order chi connectivity index (χ0) is 10.8. The molecule has 0 radical (unpaired) electrons. The second-order valence-corrected chi connectivity index (χ2v) is 4.35. The lowest BCUT2D eigenvalue weighted by molar-refractivity contribution is 0.104. The van der Waals surface area contributed by atoms with Gasteiger partial charge in [0, 0.05) is 5.56 Å². The van der Waals surface area contributed by atoms with Crippen molar-refractivity contribution in [2.45, 2.75) is 13.3 Å². The standard InChI is InChI=1S/C9H11O4P/c1-2-7-5-3-4-6-8(7)9(10)14(11,12)13/h3-6H,2H2,1H3,(H2,11,12,13). The summed E-state index contributed by atoms with van der Waals surface area (Å²) in [6.07, 6.45) is 0.571. The maximum absolute atomic E-state index is 11.3. The Morgan fingerprint density at radius 2 is 1.93 bits per heavy atom. The second kappa shape index (κ2) is 4.05. The van der Waals surface area contributed by atoms with Crippen LogP contribution in [0.3, 0.4) is 0 Å². The molecule has 4 nitrogen and oxygen atoms in total. The van der Waals surface area contributed by atoms with Crippen LogP contribution < -0.4 is 0 Å². The zero-order valence-corrected chi connectivity index (χ0v) is 8.57. The van der Waals surface area contributed by atoms with E-state index in [1.54, 1.807) is 18.2 Å². The van der Waals surface area contributed by atoms with E-state index in [0.717, 1.165) is 0 Å². The molecule has 0 aliphatic carbocycles. The van der Waals surface area contributed by atoms with Crippen LogP contribution in [-0.4, -0.2) is 15.3 Å². The molecule has 14 heavy (non-hydrogen) atoms. The van der Waals surface area contributed by atoms with Crippen molar-refractivity contribution in [1.82, 2.24) is 0 Å². The molecule has 1 rings (SSSR count). The Bertz CT molecular complexity index is 394. The summed E-state index contributed by atoms with van der Waals surface area (Å²) < 4.78 is 10.7. The molecule has 0 spiro atoms. The monoisotopic (exact) mass is 214 g/mol. The van der Waals surface area contributed by atoms with Crippen LogP contribution in [0.15, 0.2) is 24.3 Å². The van der Waals surface area contributed by atoms with E-state index >= 15 is 0 Å². The van der Waals surface area contributed by atoms with E-state index in [-0.39, 0.29) is 5.56 Å². The van der Waals surface area contributed by atoms with Gasteiger partial charge in [-0.1, -0.05) is 31.2 Å². The van der Waals surface area contributed by atoms with Crippen LogP contribution in [-0.2, 0) is 11.0 Å². The predicted molar refractivity (Wildman–Crippen MR) is 52.2 cm³/mol. The summed E-state index contributed by atoms with van der Waals surface area (Å²) in [5.41, 5.74) is -0.334. The minimum absolute atomic E-state index is 0.114. The van der Waals surface area contributed by atoms with Gasteiger partial charge in [-0.2, -0.15) is 0 Å². The number of benzene rings is 1. The van der Waals surface area contributed by atoms with Gasteiger partial charge in [-0.15, -0.1) is 0 Å². The molecule has 1 aromatic carbocycles. The molecule has 1 aromatic rings. The van der Waals surface area contributed by atoms with Gasteiger partial charge in [-0.25, -0.2) is 0 Å². The summed E-state index contributed by atoms with van der Waals surface area (Å²) in [7, 11) is -4.66. The van der Waals surface area contributed by atoms with Gasteiger partial charge in [-0.3, -0.25) is 9.36 Å². The minimum atomic E-state index is -4.66. The highest BCUT2D eigenvalue weighted by atomic mass is 31.2. The molecular weight excluding hydrogens is 203 g/mol. The van der Waals surface area contributed by atoms with Crippen molar-refractivity contribution in [1.29, 1.82) is 0 Å². The van der Waals surface area contributed by atoms with E-state index < -0.39 is 13.1 Å². The summed E-state index contributed by atoms with van der Waals surface area (Å²) in [6.45, 7) is 1.83. The molecule has 0 amide bonds. The number of hydrogen-bond donors (Lipinski definition) is 2. The van der Waals surface area contributed by atoms with Crippen LogP contribution in [0.2, 0.25) is 0 Å². The summed E-state index contributed by atoms with van der Waals surface area (Å²) in [4.78, 5) is 28.7. The predicted octanol–water partition coefficient (Wildman–Crippen LogP) is 1.57. The SMILES string of the molecule is CCc1ccccc1C(=O)P(=O)(O)O. The minimum Gasteiger partial charge on any atom is -0.319 e. The van der Waals surface area contributed by atoms with Crippen LogP contribution in [0.4, 0.5) is 0 Å². The van der Waals surface area contributed by atoms with Gasteiger partial charge in [0.1, 0.15) is 0 Å². The largest absolute Gasteiger partial charge is 0.396 e. The molecule has 0 aliphatic rings. The van der Waals surface area contributed by atoms with Crippen molar-refractivity contribution >= 4 is 13.1 Å². The van der Waals surface area contributed by atoms with E-state index in [2.05, 4.69) is 0 Å². The lowest BCUT2D eigenvalue weighted by Gasteiger charge is -2.06. The third-order valence-electron chi connectivity index (χ3n) is 1.89. The Balaban J connectivity index is 3.20. The Morgan fingerprint density at radius 1 is 1.36 bits per heavy atom. The molecular formula is C9H11O4P. The van der Waals surface area contributed by atoms with Crippen molar-refractivity contribution in [3.63, 3.8) is 0 Å². The molecule has 0 aromatic heterocycles. The molecule has 2 N–H and O–H groups in total. The number of rotatable bonds is 3. The van der Waals surface area contributed by atoms with Crippen LogP contribution in [0.25, 0.3) is 0 Å². The van der Waals surface area contributed by atoms with Gasteiger partial charge in [-0.05, 0) is 12.0 Å². The molecule has 0 saturated heterocycles. The van der Waals surface area contributed by atoms with Crippen LogP contribution in [0.5, 0.6) is 0 Å². The molecule has 0 fully saturated rings. The van der Waals surface area contributed by atoms with Gasteiger partial charge in [0.05, 0.1) is 0 Å². The molecule has 0 saturated carbocycles. The van der Waals surface area contributed by atoms with Gasteiger partial charge >= 0.3 is 7.60 Å². The third-order valence-corrected chi connectivity index (χ3v) is 2.66. The second-order valence-electron chi connectivity index (χ2n) is 2.86. The number of hydrogen-bond acceptors (Lipinski definition) is 2. The smallest absolute Gasteiger partial charge is 0.319 e. The lowest BCUT2D eigenvalue weighted by atomic mass is 10.1. The maximum atomic E-state index is 11.3. The summed E-state index contributed by atoms with van der Waals surface area (Å²) in [5.74, 6) is 0. The lowest BCUT2D eigenvalue weighted by Crippen LogP contribution is -2.03. The molecule has 0 bridgehead atoms. The first kappa shape index (κ1) is 11.1. The number of carbonyl (C=O) groups is 1. The topological polar surface area (TPSA) is 74.6 Å². The van der Waals surface area contributed by atoms with E-state index in [4.69, 9.17) is 9.79 Å². The first-order valence-corrected chi connectivity index (χ1v) is 5.76. The van der Waals surface area contributed by atoms with Gasteiger partial charge in [0.25, 0.3) is 5.52 Å². The highest BCUT2D eigenvalue weighted by Gasteiger charge is 2.28. The summed E-state index contributed by atoms with van der Waals surface area (Å²) >= 11 is 0. The van der Waals surface area contributed by atoms with Crippen molar-refractivity contribution in [3.8, 4) is 0 Å². The van der Waals surface area contributed by atoms with E-state index in [0.29, 0.717) is 12.0 Å². The van der Waals surface area contributed by atoms with Crippen molar-refractivity contribution in [2.75, 3.05) is 0 Å². The fraction of sp³-hybridized carbons (Fsp3) is 0.222. The number of aryl methyl sites for hydroxylation is 1. The van der Waals surface area contributed by atoms with Crippen LogP contribution in [0.1, 0.15) is 22.8 Å². The average molecular weight is 214 g/mol. The van der Waals surface area contributed by atoms with Gasteiger partial charge < -0.3 is 9.79 Å². The quantitative estimate of drug-likeness (QED) is 0.749. The first-order chi connectivity index (χ1) is 6.46. The van der Waals surface area contributed by atoms with Crippen LogP contribution >= 0.6 is 7.60 Å². The van der Waals surface area contributed by atoms with E-state index in [1.807, 2.05) is 6.92 Å². The average Bonchev–Trinajstić information content (AvgIpc) is 2.15. The highest BCUT2D eigenvalue weighted by molar-refractivity contribution is 7.70. The normalized spacial score (nSPS) is 11.4. The molecule has 0 aliphatic heterocycles. The van der Waals surface area contributed by atoms with Crippen LogP contribution in [0, 0.1) is 0 Å². The Labute approximate surface area is 81.7 Å². The van der Waals surface area contributed by atoms with Gasteiger partial charge in [0.15, 0.2) is 0 Å². The Hall–Kier alpha value is -0.960. The molecule has 76 valence electrons. The highest BCUT2D eigenvalue weighted by Crippen LogP contribution is 2.39. The summed E-state index contributed by atoms with van der Waals surface area (Å²) in [6, 6.07) is 6.43. The molecule has 0 atom stereocenters. The first-order valence-electron chi connectivity index (χ1n) is 4.15. The van der Waals surface area contributed by atoms with Gasteiger partial charge in [0.2, 0.25) is 0 Å². The maximum Gasteiger partial charge on any atom is 0.396 e. The van der Waals surface area contributed by atoms with Crippen molar-refractivity contribution < 1.29 is 19.1 Å². The van der Waals surface area contributed by atoms with E-state index in [1.165, 1.54) is 6.07 Å². The molecule has 0 heterocycles. The summed E-state index contributed by atoms with van der Waals surface area (Å²) in [5, 5.41) is 0. The molecule has 0 unspecified atom stereocenters. The zero-order valence-electron chi connectivity index (χ0n) is 7.67. The Morgan fingerprint density at radius 3 is 2.43 bits per heavy atom.